The van der Waals surface area contributed by atoms with Crippen LogP contribution in [-0.4, -0.2) is 21.7 Å². The van der Waals surface area contributed by atoms with Gasteiger partial charge in [-0.25, -0.2) is 4.98 Å². The molecule has 0 amide bonds. The summed E-state index contributed by atoms with van der Waals surface area (Å²) in [6.45, 7) is 4.52. The Balaban J connectivity index is 1.48. The van der Waals surface area contributed by atoms with Gasteiger partial charge in [-0.15, -0.1) is 0 Å². The lowest BCUT2D eigenvalue weighted by Gasteiger charge is -2.21. The monoisotopic (exact) mass is 469 g/mol. The van der Waals surface area contributed by atoms with E-state index in [1.807, 2.05) is 80.6 Å². The fraction of sp³-hybridized carbons (Fsp3) is 0.148. The van der Waals surface area contributed by atoms with E-state index in [1.165, 1.54) is 0 Å². The largest absolute Gasteiger partial charge is 0.494 e. The lowest BCUT2D eigenvalue weighted by molar-refractivity contribution is 0.340. The summed E-state index contributed by atoms with van der Waals surface area (Å²) in [5, 5.41) is 10.3. The van der Waals surface area contributed by atoms with Crippen LogP contribution < -0.4 is 20.7 Å². The number of thiocarbonyl (C=S) groups is 1. The molecule has 4 aromatic rings. The number of hydrogen-bond donors (Lipinski definition) is 3. The van der Waals surface area contributed by atoms with Crippen LogP contribution in [0, 0.1) is 6.92 Å². The van der Waals surface area contributed by atoms with Crippen LogP contribution in [0.2, 0.25) is 0 Å². The van der Waals surface area contributed by atoms with Crippen molar-refractivity contribution in [3.05, 3.63) is 108 Å². The highest BCUT2D eigenvalue weighted by Gasteiger charge is 2.15. The first kappa shape index (κ1) is 23.2. The van der Waals surface area contributed by atoms with E-state index in [-0.39, 0.29) is 6.04 Å². The van der Waals surface area contributed by atoms with E-state index in [2.05, 4.69) is 50.2 Å². The van der Waals surface area contributed by atoms with E-state index in [0.29, 0.717) is 23.5 Å². The summed E-state index contributed by atoms with van der Waals surface area (Å²) in [6, 6.07) is 29.9. The minimum Gasteiger partial charge on any atom is -0.494 e. The maximum Gasteiger partial charge on any atom is 0.231 e. The van der Waals surface area contributed by atoms with Gasteiger partial charge in [0, 0.05) is 17.4 Å². The molecule has 1 aromatic heterocycles. The van der Waals surface area contributed by atoms with Gasteiger partial charge < -0.3 is 20.7 Å². The molecule has 0 aliphatic carbocycles. The SMILES string of the molecule is CCOc1ccc(Nc2cc(C)nc(NC(=S)NC(c3ccccc3)c3ccccc3)n2)cc1. The maximum absolute atomic E-state index is 5.63. The molecule has 0 saturated carbocycles. The van der Waals surface area contributed by atoms with Crippen LogP contribution in [0.1, 0.15) is 29.8 Å². The van der Waals surface area contributed by atoms with Gasteiger partial charge in [-0.3, -0.25) is 0 Å². The van der Waals surface area contributed by atoms with Crippen LogP contribution in [0.4, 0.5) is 17.5 Å². The summed E-state index contributed by atoms with van der Waals surface area (Å²) >= 11 is 5.63. The van der Waals surface area contributed by atoms with E-state index in [4.69, 9.17) is 17.0 Å². The molecule has 1 heterocycles. The van der Waals surface area contributed by atoms with Gasteiger partial charge in [0.25, 0.3) is 0 Å². The first-order valence-corrected chi connectivity index (χ1v) is 11.5. The fourth-order valence-corrected chi connectivity index (χ4v) is 3.77. The van der Waals surface area contributed by atoms with E-state index >= 15 is 0 Å². The van der Waals surface area contributed by atoms with Gasteiger partial charge in [0.15, 0.2) is 5.11 Å². The predicted molar refractivity (Wildman–Crippen MR) is 142 cm³/mol. The first-order chi connectivity index (χ1) is 16.6. The van der Waals surface area contributed by atoms with E-state index in [1.54, 1.807) is 0 Å². The van der Waals surface area contributed by atoms with Crippen molar-refractivity contribution in [3.8, 4) is 5.75 Å². The Hall–Kier alpha value is -3.97. The van der Waals surface area contributed by atoms with Gasteiger partial charge in [0.1, 0.15) is 11.6 Å². The van der Waals surface area contributed by atoms with E-state index < -0.39 is 0 Å². The van der Waals surface area contributed by atoms with Crippen molar-refractivity contribution >= 4 is 34.8 Å². The molecule has 6 nitrogen and oxygen atoms in total. The van der Waals surface area contributed by atoms with Crippen molar-refractivity contribution in [3.63, 3.8) is 0 Å². The Morgan fingerprint density at radius 3 is 2.09 bits per heavy atom. The average molecular weight is 470 g/mol. The Kier molecular flexibility index (Phi) is 7.67. The quantitative estimate of drug-likeness (QED) is 0.273. The van der Waals surface area contributed by atoms with Gasteiger partial charge in [0.05, 0.1) is 12.6 Å². The smallest absolute Gasteiger partial charge is 0.231 e. The highest BCUT2D eigenvalue weighted by Crippen LogP contribution is 2.23. The molecule has 0 fully saturated rings. The summed E-state index contributed by atoms with van der Waals surface area (Å²) in [5.74, 6) is 1.92. The lowest BCUT2D eigenvalue weighted by atomic mass is 9.99. The van der Waals surface area contributed by atoms with Crippen LogP contribution in [0.5, 0.6) is 5.75 Å². The van der Waals surface area contributed by atoms with Crippen LogP contribution >= 0.6 is 12.2 Å². The van der Waals surface area contributed by atoms with Crippen LogP contribution in [-0.2, 0) is 0 Å². The van der Waals surface area contributed by atoms with Gasteiger partial charge in [-0.2, -0.15) is 4.98 Å². The third kappa shape index (κ3) is 6.30. The first-order valence-electron chi connectivity index (χ1n) is 11.1. The van der Waals surface area contributed by atoms with Gasteiger partial charge in [-0.1, -0.05) is 60.7 Å². The zero-order chi connectivity index (χ0) is 23.8. The number of hydrogen-bond acceptors (Lipinski definition) is 5. The number of rotatable bonds is 8. The molecule has 0 saturated heterocycles. The van der Waals surface area contributed by atoms with E-state index in [9.17, 15) is 0 Å². The second kappa shape index (κ2) is 11.2. The summed E-state index contributed by atoms with van der Waals surface area (Å²) in [7, 11) is 0. The molecule has 3 N–H and O–H groups in total. The average Bonchev–Trinajstić information content (AvgIpc) is 2.85. The van der Waals surface area contributed by atoms with Gasteiger partial charge in [-0.05, 0) is 61.5 Å². The Morgan fingerprint density at radius 2 is 1.50 bits per heavy atom. The van der Waals surface area contributed by atoms with Gasteiger partial charge in [0.2, 0.25) is 5.95 Å². The number of nitrogens with one attached hydrogen (secondary N) is 3. The summed E-state index contributed by atoms with van der Waals surface area (Å²) in [5.41, 5.74) is 3.94. The van der Waals surface area contributed by atoms with Crippen molar-refractivity contribution in [2.75, 3.05) is 17.2 Å². The molecule has 0 aliphatic heterocycles. The molecule has 3 aromatic carbocycles. The molecule has 0 atom stereocenters. The highest BCUT2D eigenvalue weighted by molar-refractivity contribution is 7.80. The second-order valence-electron chi connectivity index (χ2n) is 7.65. The molecular formula is C27H27N5OS. The zero-order valence-corrected chi connectivity index (χ0v) is 20.0. The Morgan fingerprint density at radius 1 is 0.882 bits per heavy atom. The highest BCUT2D eigenvalue weighted by atomic mass is 32.1. The van der Waals surface area contributed by atoms with Crippen LogP contribution in [0.3, 0.4) is 0 Å². The summed E-state index contributed by atoms with van der Waals surface area (Å²) in [6.07, 6.45) is 0. The van der Waals surface area contributed by atoms with Crippen molar-refractivity contribution < 1.29 is 4.74 Å². The Labute approximate surface area is 205 Å². The zero-order valence-electron chi connectivity index (χ0n) is 19.2. The molecule has 0 radical (unpaired) electrons. The third-order valence-electron chi connectivity index (χ3n) is 5.06. The van der Waals surface area contributed by atoms with Gasteiger partial charge >= 0.3 is 0 Å². The van der Waals surface area contributed by atoms with Crippen molar-refractivity contribution in [2.24, 2.45) is 0 Å². The molecule has 0 aliphatic rings. The lowest BCUT2D eigenvalue weighted by Crippen LogP contribution is -2.33. The fourth-order valence-electron chi connectivity index (χ4n) is 3.56. The molecule has 172 valence electrons. The predicted octanol–water partition coefficient (Wildman–Crippen LogP) is 6.00. The summed E-state index contributed by atoms with van der Waals surface area (Å²) in [4.78, 5) is 9.09. The third-order valence-corrected chi connectivity index (χ3v) is 5.28. The number of nitrogens with zero attached hydrogens (tertiary/aromatic N) is 2. The Bertz CT molecular complexity index is 1180. The standard InChI is InChI=1S/C27H27N5OS/c1-3-33-23-16-14-22(15-17-23)29-24-18-19(2)28-26(30-24)32-27(34)31-25(20-10-6-4-7-11-20)21-12-8-5-9-13-21/h4-18,25H,3H2,1-2H3,(H3,28,29,30,31,32,34). The number of ether oxygens (including phenoxy) is 1. The van der Waals surface area contributed by atoms with Crippen molar-refractivity contribution in [1.29, 1.82) is 0 Å². The maximum atomic E-state index is 5.63. The number of benzene rings is 3. The molecule has 4 rings (SSSR count). The van der Waals surface area contributed by atoms with Crippen LogP contribution in [0.15, 0.2) is 91.0 Å². The van der Waals surface area contributed by atoms with E-state index in [0.717, 1.165) is 28.3 Å². The summed E-state index contributed by atoms with van der Waals surface area (Å²) < 4.78 is 5.50. The molecule has 7 heteroatoms. The normalized spacial score (nSPS) is 10.6. The van der Waals surface area contributed by atoms with Crippen molar-refractivity contribution in [1.82, 2.24) is 15.3 Å². The minimum absolute atomic E-state index is 0.103. The molecule has 0 unspecified atom stereocenters. The second-order valence-corrected chi connectivity index (χ2v) is 8.06. The minimum atomic E-state index is -0.103. The number of aromatic nitrogens is 2. The molecule has 0 bridgehead atoms. The molecule has 0 spiro atoms. The number of aryl methyl sites for hydroxylation is 1. The topological polar surface area (TPSA) is 71.1 Å². The van der Waals surface area contributed by atoms with Crippen LogP contribution in [0.25, 0.3) is 0 Å². The molecular weight excluding hydrogens is 442 g/mol. The molecule has 34 heavy (non-hydrogen) atoms. The van der Waals surface area contributed by atoms with Crippen molar-refractivity contribution in [2.45, 2.75) is 19.9 Å². The number of anilines is 3.